The Balaban J connectivity index is 1.46. The quantitative estimate of drug-likeness (QED) is 0.248. The maximum atomic E-state index is 14.1. The highest BCUT2D eigenvalue weighted by molar-refractivity contribution is 6.21. The summed E-state index contributed by atoms with van der Waals surface area (Å²) in [6, 6.07) is 19.8. The van der Waals surface area contributed by atoms with E-state index in [1.165, 1.54) is 6.07 Å². The topological polar surface area (TPSA) is 98.1 Å². The SMILES string of the molecule is CC(C)(C)C(Cl)c1ccc2c(c1)C(c1cccc(Cn3cnnc3)c1)OC(CC(=O)NCc1ccccc1F)C(=O)N2. The van der Waals surface area contributed by atoms with Crippen molar-refractivity contribution in [2.45, 2.75) is 57.9 Å². The molecule has 0 spiro atoms. The summed E-state index contributed by atoms with van der Waals surface area (Å²) >= 11 is 6.86. The Morgan fingerprint density at radius 2 is 1.86 bits per heavy atom. The van der Waals surface area contributed by atoms with Gasteiger partial charge in [0.25, 0.3) is 5.91 Å². The molecular weight excluding hydrogens is 557 g/mol. The number of anilines is 1. The molecular formula is C32H33ClFN5O3. The van der Waals surface area contributed by atoms with Crippen LogP contribution in [0.3, 0.4) is 0 Å². The fraction of sp³-hybridized carbons (Fsp3) is 0.312. The molecule has 3 aromatic carbocycles. The molecule has 4 aromatic rings. The van der Waals surface area contributed by atoms with Gasteiger partial charge in [-0.3, -0.25) is 9.59 Å². The molecule has 8 nitrogen and oxygen atoms in total. The first kappa shape index (κ1) is 29.4. The zero-order valence-electron chi connectivity index (χ0n) is 23.7. The van der Waals surface area contributed by atoms with Gasteiger partial charge < -0.3 is 19.9 Å². The highest BCUT2D eigenvalue weighted by Gasteiger charge is 2.34. The number of hydrogen-bond donors (Lipinski definition) is 2. The first-order chi connectivity index (χ1) is 20.1. The highest BCUT2D eigenvalue weighted by Crippen LogP contribution is 2.43. The van der Waals surface area contributed by atoms with Gasteiger partial charge in [-0.1, -0.05) is 69.3 Å². The van der Waals surface area contributed by atoms with E-state index in [0.29, 0.717) is 17.8 Å². The van der Waals surface area contributed by atoms with Gasteiger partial charge in [0.05, 0.1) is 18.3 Å². The van der Waals surface area contributed by atoms with Gasteiger partial charge in [-0.25, -0.2) is 4.39 Å². The molecule has 0 saturated carbocycles. The minimum absolute atomic E-state index is 0.00191. The Kier molecular flexibility index (Phi) is 8.70. The molecule has 218 valence electrons. The van der Waals surface area contributed by atoms with Crippen LogP contribution in [0.1, 0.15) is 66.5 Å². The second kappa shape index (κ2) is 12.4. The average molecular weight is 590 g/mol. The molecule has 1 aromatic heterocycles. The van der Waals surface area contributed by atoms with Crippen molar-refractivity contribution in [3.05, 3.63) is 113 Å². The van der Waals surface area contributed by atoms with E-state index in [0.717, 1.165) is 22.3 Å². The third-order valence-electron chi connectivity index (χ3n) is 7.15. The number of amides is 2. The number of hydrogen-bond acceptors (Lipinski definition) is 5. The molecule has 2 N–H and O–H groups in total. The minimum atomic E-state index is -1.10. The lowest BCUT2D eigenvalue weighted by molar-refractivity contribution is -0.136. The van der Waals surface area contributed by atoms with Crippen LogP contribution in [0.25, 0.3) is 0 Å². The van der Waals surface area contributed by atoms with Crippen LogP contribution in [0.2, 0.25) is 0 Å². The van der Waals surface area contributed by atoms with Crippen LogP contribution in [0, 0.1) is 11.2 Å². The second-order valence-electron chi connectivity index (χ2n) is 11.5. The molecule has 42 heavy (non-hydrogen) atoms. The van der Waals surface area contributed by atoms with E-state index in [1.807, 2.05) is 47.0 Å². The van der Waals surface area contributed by atoms with Crippen molar-refractivity contribution in [3.8, 4) is 0 Å². The van der Waals surface area contributed by atoms with E-state index in [4.69, 9.17) is 16.3 Å². The van der Waals surface area contributed by atoms with Gasteiger partial charge in [0, 0.05) is 23.4 Å². The van der Waals surface area contributed by atoms with E-state index >= 15 is 0 Å². The first-order valence-electron chi connectivity index (χ1n) is 13.7. The Bertz CT molecular complexity index is 1570. The zero-order chi connectivity index (χ0) is 29.9. The normalized spacial score (nSPS) is 17.6. The smallest absolute Gasteiger partial charge is 0.254 e. The lowest BCUT2D eigenvalue weighted by Crippen LogP contribution is -2.35. The Labute approximate surface area is 249 Å². The number of nitrogens with one attached hydrogen (secondary N) is 2. The lowest BCUT2D eigenvalue weighted by atomic mass is 9.86. The van der Waals surface area contributed by atoms with E-state index in [1.54, 1.807) is 30.9 Å². The van der Waals surface area contributed by atoms with Gasteiger partial charge >= 0.3 is 0 Å². The van der Waals surface area contributed by atoms with Crippen LogP contribution >= 0.6 is 11.6 Å². The number of carbonyl (C=O) groups is 2. The van der Waals surface area contributed by atoms with Crippen molar-refractivity contribution < 1.29 is 18.7 Å². The second-order valence-corrected chi connectivity index (χ2v) is 12.0. The molecule has 0 bridgehead atoms. The van der Waals surface area contributed by atoms with Crippen molar-refractivity contribution in [3.63, 3.8) is 0 Å². The zero-order valence-corrected chi connectivity index (χ0v) is 24.4. The molecule has 0 fully saturated rings. The molecule has 3 unspecified atom stereocenters. The van der Waals surface area contributed by atoms with Crippen LogP contribution in [0.4, 0.5) is 10.1 Å². The Morgan fingerprint density at radius 1 is 1.10 bits per heavy atom. The predicted octanol–water partition coefficient (Wildman–Crippen LogP) is 5.92. The van der Waals surface area contributed by atoms with Crippen molar-refractivity contribution in [2.24, 2.45) is 5.41 Å². The summed E-state index contributed by atoms with van der Waals surface area (Å²) in [4.78, 5) is 26.3. The number of fused-ring (bicyclic) bond motifs is 1. The third-order valence-corrected chi connectivity index (χ3v) is 8.06. The monoisotopic (exact) mass is 589 g/mol. The van der Waals surface area contributed by atoms with E-state index < -0.39 is 29.8 Å². The summed E-state index contributed by atoms with van der Waals surface area (Å²) in [5.74, 6) is -1.28. The minimum Gasteiger partial charge on any atom is -0.355 e. The number of nitrogens with zero attached hydrogens (tertiary/aromatic N) is 3. The fourth-order valence-corrected chi connectivity index (χ4v) is 5.06. The van der Waals surface area contributed by atoms with Crippen molar-refractivity contribution >= 4 is 29.1 Å². The maximum Gasteiger partial charge on any atom is 0.254 e. The van der Waals surface area contributed by atoms with Gasteiger partial charge in [-0.05, 0) is 40.3 Å². The largest absolute Gasteiger partial charge is 0.355 e. The van der Waals surface area contributed by atoms with Gasteiger partial charge in [0.15, 0.2) is 0 Å². The van der Waals surface area contributed by atoms with Crippen molar-refractivity contribution in [1.29, 1.82) is 0 Å². The molecule has 3 atom stereocenters. The van der Waals surface area contributed by atoms with Crippen LogP contribution < -0.4 is 10.6 Å². The highest BCUT2D eigenvalue weighted by atomic mass is 35.5. The maximum absolute atomic E-state index is 14.1. The summed E-state index contributed by atoms with van der Waals surface area (Å²) in [5, 5.41) is 13.1. The molecule has 2 heterocycles. The van der Waals surface area contributed by atoms with Gasteiger partial charge in [0.1, 0.15) is 30.7 Å². The standard InChI is InChI=1S/C32H33ClFN5O3/c1-32(2,3)30(33)22-11-12-26-24(14-22)29(21-9-6-7-20(13-21)17-39-18-36-37-19-39)42-27(31(41)38-26)15-28(40)35-16-23-8-4-5-10-25(23)34/h4-14,18-19,27,29-30H,15-17H2,1-3H3,(H,35,40)(H,38,41). The molecule has 0 saturated heterocycles. The van der Waals surface area contributed by atoms with Crippen molar-refractivity contribution in [1.82, 2.24) is 20.1 Å². The number of alkyl halides is 1. The summed E-state index contributed by atoms with van der Waals surface area (Å²) in [6.45, 7) is 6.75. The van der Waals surface area contributed by atoms with Crippen LogP contribution in [0.5, 0.6) is 0 Å². The molecule has 1 aliphatic rings. The number of benzene rings is 3. The number of rotatable bonds is 8. The summed E-state index contributed by atoms with van der Waals surface area (Å²) in [5.41, 5.74) is 4.17. The number of halogens is 2. The van der Waals surface area contributed by atoms with Crippen LogP contribution in [-0.4, -0.2) is 32.7 Å². The van der Waals surface area contributed by atoms with Crippen LogP contribution in [0.15, 0.2) is 79.4 Å². The Hall–Kier alpha value is -4.08. The molecule has 10 heteroatoms. The Morgan fingerprint density at radius 3 is 2.60 bits per heavy atom. The van der Waals surface area contributed by atoms with Crippen LogP contribution in [-0.2, 0) is 27.4 Å². The predicted molar refractivity (Wildman–Crippen MR) is 158 cm³/mol. The first-order valence-corrected chi connectivity index (χ1v) is 14.2. The summed E-state index contributed by atoms with van der Waals surface area (Å²) < 4.78 is 22.4. The van der Waals surface area contributed by atoms with E-state index in [9.17, 15) is 14.0 Å². The lowest BCUT2D eigenvalue weighted by Gasteiger charge is -2.27. The van der Waals surface area contributed by atoms with Gasteiger partial charge in [-0.2, -0.15) is 0 Å². The van der Waals surface area contributed by atoms with Gasteiger partial charge in [0.2, 0.25) is 5.91 Å². The third kappa shape index (κ3) is 6.86. The number of aromatic nitrogens is 3. The molecule has 0 aliphatic carbocycles. The fourth-order valence-electron chi connectivity index (χ4n) is 4.93. The average Bonchev–Trinajstić information content (AvgIpc) is 3.42. The summed E-state index contributed by atoms with van der Waals surface area (Å²) in [6.07, 6.45) is 1.28. The van der Waals surface area contributed by atoms with Crippen molar-refractivity contribution in [2.75, 3.05) is 5.32 Å². The molecule has 2 amide bonds. The molecule has 5 rings (SSSR count). The van der Waals surface area contributed by atoms with E-state index in [2.05, 4.69) is 41.6 Å². The number of carbonyl (C=O) groups excluding carboxylic acids is 2. The number of ether oxygens (including phenoxy) is 1. The van der Waals surface area contributed by atoms with E-state index in [-0.39, 0.29) is 23.8 Å². The van der Waals surface area contributed by atoms with Gasteiger partial charge in [-0.15, -0.1) is 21.8 Å². The molecule has 0 radical (unpaired) electrons. The molecule has 1 aliphatic heterocycles. The summed E-state index contributed by atoms with van der Waals surface area (Å²) in [7, 11) is 0.